The van der Waals surface area contributed by atoms with E-state index in [1.54, 1.807) is 0 Å². The Labute approximate surface area is 93.0 Å². The second-order valence-corrected chi connectivity index (χ2v) is 5.31. The van der Waals surface area contributed by atoms with Crippen molar-refractivity contribution in [3.05, 3.63) is 0 Å². The smallest absolute Gasteiger partial charge is 0.0551 e. The largest absolute Gasteiger partial charge is 0.380 e. The summed E-state index contributed by atoms with van der Waals surface area (Å²) >= 11 is 0. The lowest BCUT2D eigenvalue weighted by Crippen LogP contribution is -2.55. The standard InChI is InChI=1S/C12H24N2O/c1-3-10(6-13)12(8-15-9-12)11-4-5-14(2)7-11/h10-11H,3-9,13H2,1-2H3. The van der Waals surface area contributed by atoms with Crippen LogP contribution in [0.15, 0.2) is 0 Å². The summed E-state index contributed by atoms with van der Waals surface area (Å²) in [5.41, 5.74) is 6.32. The van der Waals surface area contributed by atoms with E-state index < -0.39 is 0 Å². The molecule has 2 fully saturated rings. The Balaban J connectivity index is 2.07. The van der Waals surface area contributed by atoms with Gasteiger partial charge in [0, 0.05) is 12.0 Å². The highest BCUT2D eigenvalue weighted by atomic mass is 16.5. The maximum Gasteiger partial charge on any atom is 0.0551 e. The van der Waals surface area contributed by atoms with Gasteiger partial charge < -0.3 is 15.4 Å². The van der Waals surface area contributed by atoms with Crippen molar-refractivity contribution in [1.82, 2.24) is 4.90 Å². The highest BCUT2D eigenvalue weighted by Gasteiger charge is 2.51. The molecule has 0 aromatic rings. The van der Waals surface area contributed by atoms with Gasteiger partial charge in [-0.15, -0.1) is 0 Å². The Morgan fingerprint density at radius 1 is 1.53 bits per heavy atom. The van der Waals surface area contributed by atoms with Crippen molar-refractivity contribution in [2.45, 2.75) is 19.8 Å². The Morgan fingerprint density at radius 3 is 2.60 bits per heavy atom. The van der Waals surface area contributed by atoms with E-state index in [-0.39, 0.29) is 0 Å². The molecule has 0 amide bonds. The topological polar surface area (TPSA) is 38.5 Å². The zero-order valence-corrected chi connectivity index (χ0v) is 10.0. The molecule has 3 heteroatoms. The molecule has 88 valence electrons. The fourth-order valence-electron chi connectivity index (χ4n) is 3.35. The minimum Gasteiger partial charge on any atom is -0.380 e. The van der Waals surface area contributed by atoms with E-state index in [2.05, 4.69) is 18.9 Å². The number of nitrogens with two attached hydrogens (primary N) is 1. The lowest BCUT2D eigenvalue weighted by Gasteiger charge is -2.51. The predicted molar refractivity (Wildman–Crippen MR) is 61.7 cm³/mol. The second kappa shape index (κ2) is 4.40. The average molecular weight is 212 g/mol. The van der Waals surface area contributed by atoms with Crippen molar-refractivity contribution in [3.8, 4) is 0 Å². The molecule has 2 atom stereocenters. The van der Waals surface area contributed by atoms with Gasteiger partial charge in [-0.3, -0.25) is 0 Å². The summed E-state index contributed by atoms with van der Waals surface area (Å²) in [4.78, 5) is 2.44. The Morgan fingerprint density at radius 2 is 2.27 bits per heavy atom. The van der Waals surface area contributed by atoms with Gasteiger partial charge in [0.2, 0.25) is 0 Å². The maximum atomic E-state index is 5.91. The van der Waals surface area contributed by atoms with Gasteiger partial charge in [0.15, 0.2) is 0 Å². The van der Waals surface area contributed by atoms with E-state index >= 15 is 0 Å². The van der Waals surface area contributed by atoms with Crippen LogP contribution in [0.5, 0.6) is 0 Å². The van der Waals surface area contributed by atoms with Crippen molar-refractivity contribution in [3.63, 3.8) is 0 Å². The van der Waals surface area contributed by atoms with Crippen LogP contribution in [0.25, 0.3) is 0 Å². The van der Waals surface area contributed by atoms with Crippen molar-refractivity contribution in [2.24, 2.45) is 23.0 Å². The van der Waals surface area contributed by atoms with Crippen LogP contribution in [-0.2, 0) is 4.74 Å². The Hall–Kier alpha value is -0.120. The third kappa shape index (κ3) is 1.81. The first-order chi connectivity index (χ1) is 7.23. The summed E-state index contributed by atoms with van der Waals surface area (Å²) in [6.45, 7) is 7.45. The lowest BCUT2D eigenvalue weighted by atomic mass is 9.63. The molecule has 2 rings (SSSR count). The molecular weight excluding hydrogens is 188 g/mol. The van der Waals surface area contributed by atoms with Crippen LogP contribution < -0.4 is 5.73 Å². The second-order valence-electron chi connectivity index (χ2n) is 5.31. The average Bonchev–Trinajstić information content (AvgIpc) is 2.58. The van der Waals surface area contributed by atoms with Crippen LogP contribution in [0.2, 0.25) is 0 Å². The van der Waals surface area contributed by atoms with Crippen LogP contribution in [0, 0.1) is 17.3 Å². The summed E-state index contributed by atoms with van der Waals surface area (Å²) in [5, 5.41) is 0. The number of hydrogen-bond acceptors (Lipinski definition) is 3. The highest BCUT2D eigenvalue weighted by molar-refractivity contribution is 4.99. The zero-order chi connectivity index (χ0) is 10.9. The summed E-state index contributed by atoms with van der Waals surface area (Å²) < 4.78 is 5.50. The lowest BCUT2D eigenvalue weighted by molar-refractivity contribution is -0.174. The molecule has 0 aromatic carbocycles. The van der Waals surface area contributed by atoms with E-state index in [4.69, 9.17) is 10.5 Å². The fraction of sp³-hybridized carbons (Fsp3) is 1.00. The molecule has 0 spiro atoms. The van der Waals surface area contributed by atoms with Gasteiger partial charge in [-0.05, 0) is 38.4 Å². The molecular formula is C12H24N2O. The molecule has 2 aliphatic heterocycles. The molecule has 3 nitrogen and oxygen atoms in total. The molecule has 0 radical (unpaired) electrons. The molecule has 0 saturated carbocycles. The summed E-state index contributed by atoms with van der Waals surface area (Å²) in [5.74, 6) is 1.47. The Kier molecular flexibility index (Phi) is 3.33. The maximum absolute atomic E-state index is 5.91. The number of rotatable bonds is 4. The zero-order valence-electron chi connectivity index (χ0n) is 10.0. The third-order valence-electron chi connectivity index (χ3n) is 4.54. The molecule has 0 bridgehead atoms. The molecule has 2 unspecified atom stereocenters. The fourth-order valence-corrected chi connectivity index (χ4v) is 3.35. The van der Waals surface area contributed by atoms with E-state index in [1.165, 1.54) is 25.9 Å². The van der Waals surface area contributed by atoms with Crippen LogP contribution in [0.1, 0.15) is 19.8 Å². The quantitative estimate of drug-likeness (QED) is 0.754. The van der Waals surface area contributed by atoms with Gasteiger partial charge in [0.05, 0.1) is 13.2 Å². The highest BCUT2D eigenvalue weighted by Crippen LogP contribution is 2.47. The van der Waals surface area contributed by atoms with Gasteiger partial charge in [0.25, 0.3) is 0 Å². The summed E-state index contributed by atoms with van der Waals surface area (Å²) in [6, 6.07) is 0. The Bertz CT molecular complexity index is 212. The minimum absolute atomic E-state index is 0.411. The molecule has 2 aliphatic rings. The first kappa shape index (κ1) is 11.4. The van der Waals surface area contributed by atoms with Crippen molar-refractivity contribution < 1.29 is 4.74 Å². The van der Waals surface area contributed by atoms with Crippen LogP contribution in [0.4, 0.5) is 0 Å². The van der Waals surface area contributed by atoms with E-state index in [1.807, 2.05) is 0 Å². The molecule has 0 aliphatic carbocycles. The predicted octanol–water partition coefficient (Wildman–Crippen LogP) is 0.940. The van der Waals surface area contributed by atoms with Gasteiger partial charge in [-0.2, -0.15) is 0 Å². The van der Waals surface area contributed by atoms with Gasteiger partial charge >= 0.3 is 0 Å². The number of nitrogens with zero attached hydrogens (tertiary/aromatic N) is 1. The first-order valence-electron chi connectivity index (χ1n) is 6.19. The summed E-state index contributed by atoms with van der Waals surface area (Å²) in [6.07, 6.45) is 2.52. The SMILES string of the molecule is CCC(CN)C1(C2CCN(C)C2)COC1. The van der Waals surface area contributed by atoms with Gasteiger partial charge in [-0.1, -0.05) is 13.3 Å². The number of ether oxygens (including phenoxy) is 1. The van der Waals surface area contributed by atoms with Crippen molar-refractivity contribution >= 4 is 0 Å². The molecule has 2 saturated heterocycles. The first-order valence-corrected chi connectivity index (χ1v) is 6.19. The van der Waals surface area contributed by atoms with Crippen LogP contribution in [-0.4, -0.2) is 44.8 Å². The van der Waals surface area contributed by atoms with Crippen LogP contribution in [0.3, 0.4) is 0 Å². The van der Waals surface area contributed by atoms with E-state index in [0.29, 0.717) is 11.3 Å². The number of likely N-dealkylation sites (tertiary alicyclic amines) is 1. The summed E-state index contributed by atoms with van der Waals surface area (Å²) in [7, 11) is 2.22. The van der Waals surface area contributed by atoms with Crippen molar-refractivity contribution in [1.29, 1.82) is 0 Å². The van der Waals surface area contributed by atoms with E-state index in [0.717, 1.165) is 25.7 Å². The number of hydrogen-bond donors (Lipinski definition) is 1. The third-order valence-corrected chi connectivity index (χ3v) is 4.54. The molecule has 0 aromatic heterocycles. The molecule has 2 heterocycles. The minimum atomic E-state index is 0.411. The molecule has 15 heavy (non-hydrogen) atoms. The normalized spacial score (nSPS) is 32.6. The van der Waals surface area contributed by atoms with Gasteiger partial charge in [-0.25, -0.2) is 0 Å². The van der Waals surface area contributed by atoms with Crippen molar-refractivity contribution in [2.75, 3.05) is 39.9 Å². The van der Waals surface area contributed by atoms with Gasteiger partial charge in [0.1, 0.15) is 0 Å². The molecule has 2 N–H and O–H groups in total. The van der Waals surface area contributed by atoms with Crippen LogP contribution >= 0.6 is 0 Å². The van der Waals surface area contributed by atoms with E-state index in [9.17, 15) is 0 Å². The monoisotopic (exact) mass is 212 g/mol.